The molecule has 2 aromatic rings. The maximum atomic E-state index is 12.1. The highest BCUT2D eigenvalue weighted by Gasteiger charge is 2.21. The molecule has 0 radical (unpaired) electrons. The largest absolute Gasteiger partial charge is 0.481 e. The molecule has 0 spiro atoms. The average molecular weight is 315 g/mol. The van der Waals surface area contributed by atoms with E-state index in [1.165, 1.54) is 0 Å². The maximum Gasteiger partial charge on any atom is 0.326 e. The lowest BCUT2D eigenvalue weighted by molar-refractivity contribution is -0.143. The zero-order valence-corrected chi connectivity index (χ0v) is 12.4. The van der Waals surface area contributed by atoms with E-state index in [-0.39, 0.29) is 19.3 Å². The molecule has 0 aromatic heterocycles. The Morgan fingerprint density at radius 1 is 1.00 bits per heavy atom. The van der Waals surface area contributed by atoms with Gasteiger partial charge >= 0.3 is 11.9 Å². The SMILES string of the molecule is O=C(O)CCC(NC(=O)Cc1cccc2ccccc12)C(=O)O. The van der Waals surface area contributed by atoms with Gasteiger partial charge in [0.2, 0.25) is 5.91 Å². The minimum absolute atomic E-state index is 0.0399. The third-order valence-corrected chi connectivity index (χ3v) is 3.51. The molecule has 0 heterocycles. The van der Waals surface area contributed by atoms with Gasteiger partial charge in [0.1, 0.15) is 6.04 Å². The molecule has 6 nitrogen and oxygen atoms in total. The summed E-state index contributed by atoms with van der Waals surface area (Å²) in [7, 11) is 0. The number of hydrogen-bond acceptors (Lipinski definition) is 3. The van der Waals surface area contributed by atoms with E-state index in [1.807, 2.05) is 42.5 Å². The summed E-state index contributed by atoms with van der Waals surface area (Å²) in [5.41, 5.74) is 0.794. The monoisotopic (exact) mass is 315 g/mol. The number of amides is 1. The highest BCUT2D eigenvalue weighted by molar-refractivity contribution is 5.91. The van der Waals surface area contributed by atoms with Crippen molar-refractivity contribution in [2.75, 3.05) is 0 Å². The van der Waals surface area contributed by atoms with E-state index < -0.39 is 23.9 Å². The lowest BCUT2D eigenvalue weighted by Crippen LogP contribution is -2.41. The van der Waals surface area contributed by atoms with Crippen LogP contribution in [0.15, 0.2) is 42.5 Å². The van der Waals surface area contributed by atoms with Crippen LogP contribution in [0.25, 0.3) is 10.8 Å². The maximum absolute atomic E-state index is 12.1. The third kappa shape index (κ3) is 4.54. The van der Waals surface area contributed by atoms with E-state index in [0.29, 0.717) is 0 Å². The van der Waals surface area contributed by atoms with Gasteiger partial charge in [-0.2, -0.15) is 0 Å². The number of carbonyl (C=O) groups is 3. The first kappa shape index (κ1) is 16.5. The van der Waals surface area contributed by atoms with Crippen LogP contribution in [-0.2, 0) is 20.8 Å². The van der Waals surface area contributed by atoms with Crippen molar-refractivity contribution in [1.29, 1.82) is 0 Å². The van der Waals surface area contributed by atoms with E-state index >= 15 is 0 Å². The van der Waals surface area contributed by atoms with Crippen molar-refractivity contribution >= 4 is 28.6 Å². The standard InChI is InChI=1S/C17H17NO5/c19-15(18-14(17(22)23)8-9-16(20)21)10-12-6-3-5-11-4-1-2-7-13(11)12/h1-7,14H,8-10H2,(H,18,19)(H,20,21)(H,22,23). The molecule has 0 bridgehead atoms. The average Bonchev–Trinajstić information content (AvgIpc) is 2.51. The third-order valence-electron chi connectivity index (χ3n) is 3.51. The van der Waals surface area contributed by atoms with Crippen LogP contribution in [-0.4, -0.2) is 34.1 Å². The van der Waals surface area contributed by atoms with Crippen molar-refractivity contribution in [3.8, 4) is 0 Å². The van der Waals surface area contributed by atoms with Gasteiger partial charge in [-0.3, -0.25) is 9.59 Å². The van der Waals surface area contributed by atoms with E-state index in [4.69, 9.17) is 10.2 Å². The van der Waals surface area contributed by atoms with Gasteiger partial charge in [-0.25, -0.2) is 4.79 Å². The van der Waals surface area contributed by atoms with Crippen LogP contribution in [0.2, 0.25) is 0 Å². The van der Waals surface area contributed by atoms with Crippen LogP contribution in [0.4, 0.5) is 0 Å². The van der Waals surface area contributed by atoms with Gasteiger partial charge in [-0.1, -0.05) is 42.5 Å². The lowest BCUT2D eigenvalue weighted by Gasteiger charge is -2.14. The van der Waals surface area contributed by atoms with Crippen LogP contribution in [0.3, 0.4) is 0 Å². The minimum Gasteiger partial charge on any atom is -0.481 e. The molecular formula is C17H17NO5. The van der Waals surface area contributed by atoms with Crippen molar-refractivity contribution in [3.63, 3.8) is 0 Å². The van der Waals surface area contributed by atoms with Crippen molar-refractivity contribution in [3.05, 3.63) is 48.0 Å². The van der Waals surface area contributed by atoms with Crippen molar-refractivity contribution in [1.82, 2.24) is 5.32 Å². The number of carboxylic acid groups (broad SMARTS) is 2. The predicted octanol–water partition coefficient (Wildman–Crippen LogP) is 1.82. The molecule has 0 saturated heterocycles. The highest BCUT2D eigenvalue weighted by atomic mass is 16.4. The Kier molecular flexibility index (Phi) is 5.30. The molecule has 2 rings (SSSR count). The van der Waals surface area contributed by atoms with Crippen molar-refractivity contribution in [2.45, 2.75) is 25.3 Å². The van der Waals surface area contributed by atoms with Gasteiger partial charge in [0.15, 0.2) is 0 Å². The van der Waals surface area contributed by atoms with Crippen molar-refractivity contribution in [2.24, 2.45) is 0 Å². The molecule has 2 aromatic carbocycles. The van der Waals surface area contributed by atoms with Crippen LogP contribution < -0.4 is 5.32 Å². The number of hydrogen-bond donors (Lipinski definition) is 3. The first-order valence-electron chi connectivity index (χ1n) is 7.18. The Labute approximate surface area is 132 Å². The quantitative estimate of drug-likeness (QED) is 0.723. The summed E-state index contributed by atoms with van der Waals surface area (Å²) in [5.74, 6) is -2.78. The molecule has 1 atom stereocenters. The summed E-state index contributed by atoms with van der Waals surface area (Å²) in [5, 5.41) is 22.0. The van der Waals surface area contributed by atoms with Gasteiger partial charge in [0.05, 0.1) is 6.42 Å². The second kappa shape index (κ2) is 7.40. The Morgan fingerprint density at radius 2 is 1.70 bits per heavy atom. The summed E-state index contributed by atoms with van der Waals surface area (Å²) in [6, 6.07) is 12.0. The Hall–Kier alpha value is -2.89. The molecule has 6 heteroatoms. The summed E-state index contributed by atoms with van der Waals surface area (Å²) in [6.07, 6.45) is -0.421. The van der Waals surface area contributed by atoms with Gasteiger partial charge in [0.25, 0.3) is 0 Å². The van der Waals surface area contributed by atoms with Gasteiger partial charge < -0.3 is 15.5 Å². The van der Waals surface area contributed by atoms with E-state index in [1.54, 1.807) is 0 Å². The number of fused-ring (bicyclic) bond motifs is 1. The van der Waals surface area contributed by atoms with Crippen molar-refractivity contribution < 1.29 is 24.6 Å². The van der Waals surface area contributed by atoms with Crippen LogP contribution >= 0.6 is 0 Å². The Balaban J connectivity index is 2.08. The molecule has 1 amide bonds. The molecule has 0 aliphatic rings. The topological polar surface area (TPSA) is 104 Å². The fraction of sp³-hybridized carbons (Fsp3) is 0.235. The van der Waals surface area contributed by atoms with E-state index in [9.17, 15) is 14.4 Å². The minimum atomic E-state index is -1.24. The van der Waals surface area contributed by atoms with Crippen LogP contribution in [0.1, 0.15) is 18.4 Å². The molecule has 3 N–H and O–H groups in total. The summed E-state index contributed by atoms with van der Waals surface area (Å²) < 4.78 is 0. The second-order valence-corrected chi connectivity index (χ2v) is 5.21. The summed E-state index contributed by atoms with van der Waals surface area (Å²) in [4.78, 5) is 33.7. The summed E-state index contributed by atoms with van der Waals surface area (Å²) >= 11 is 0. The molecule has 1 unspecified atom stereocenters. The molecule has 0 aliphatic heterocycles. The fourth-order valence-electron chi connectivity index (χ4n) is 2.39. The number of carboxylic acids is 2. The molecular weight excluding hydrogens is 298 g/mol. The number of rotatable bonds is 7. The molecule has 23 heavy (non-hydrogen) atoms. The molecule has 0 saturated carbocycles. The van der Waals surface area contributed by atoms with Gasteiger partial charge in [0, 0.05) is 6.42 Å². The van der Waals surface area contributed by atoms with E-state index in [2.05, 4.69) is 5.32 Å². The Morgan fingerprint density at radius 3 is 2.39 bits per heavy atom. The molecule has 120 valence electrons. The zero-order valence-electron chi connectivity index (χ0n) is 12.4. The first-order chi connectivity index (χ1) is 11.0. The summed E-state index contributed by atoms with van der Waals surface area (Å²) in [6.45, 7) is 0. The van der Waals surface area contributed by atoms with Gasteiger partial charge in [-0.05, 0) is 22.8 Å². The van der Waals surface area contributed by atoms with Gasteiger partial charge in [-0.15, -0.1) is 0 Å². The predicted molar refractivity (Wildman–Crippen MR) is 84.1 cm³/mol. The molecule has 0 aliphatic carbocycles. The zero-order chi connectivity index (χ0) is 16.8. The van der Waals surface area contributed by atoms with Crippen LogP contribution in [0.5, 0.6) is 0 Å². The normalized spacial score (nSPS) is 11.8. The first-order valence-corrected chi connectivity index (χ1v) is 7.18. The fourth-order valence-corrected chi connectivity index (χ4v) is 2.39. The highest BCUT2D eigenvalue weighted by Crippen LogP contribution is 2.18. The molecule has 0 fully saturated rings. The number of carbonyl (C=O) groups excluding carboxylic acids is 1. The second-order valence-electron chi connectivity index (χ2n) is 5.21. The number of benzene rings is 2. The van der Waals surface area contributed by atoms with Crippen LogP contribution in [0, 0.1) is 0 Å². The smallest absolute Gasteiger partial charge is 0.326 e. The number of aliphatic carboxylic acids is 2. The number of nitrogens with one attached hydrogen (secondary N) is 1. The van der Waals surface area contributed by atoms with E-state index in [0.717, 1.165) is 16.3 Å². The lowest BCUT2D eigenvalue weighted by atomic mass is 10.0. The Bertz CT molecular complexity index is 735.